The molecule has 2 aliphatic rings. The van der Waals surface area contributed by atoms with Crippen LogP contribution in [0.1, 0.15) is 6.42 Å². The maximum Gasteiger partial charge on any atom is 0.0868 e. The van der Waals surface area contributed by atoms with Crippen LogP contribution in [0.2, 0.25) is 0 Å². The van der Waals surface area contributed by atoms with E-state index in [0.717, 1.165) is 29.2 Å². The van der Waals surface area contributed by atoms with Crippen molar-refractivity contribution in [3.05, 3.63) is 48.2 Å². The fraction of sp³-hybridized carbons (Fsp3) is 0.0833. The van der Waals surface area contributed by atoms with Gasteiger partial charge in [0, 0.05) is 6.42 Å². The van der Waals surface area contributed by atoms with Crippen LogP contribution >= 0.6 is 0 Å². The van der Waals surface area contributed by atoms with Crippen molar-refractivity contribution < 1.29 is 0 Å². The van der Waals surface area contributed by atoms with E-state index in [4.69, 9.17) is 0 Å². The molecule has 0 atom stereocenters. The summed E-state index contributed by atoms with van der Waals surface area (Å²) in [6, 6.07) is 8.11. The van der Waals surface area contributed by atoms with Crippen molar-refractivity contribution in [1.82, 2.24) is 0 Å². The van der Waals surface area contributed by atoms with Crippen LogP contribution < -0.4 is 5.32 Å². The van der Waals surface area contributed by atoms with Gasteiger partial charge in [0.15, 0.2) is 0 Å². The minimum absolute atomic E-state index is 0.924. The molecule has 0 unspecified atom stereocenters. The Kier molecular flexibility index (Phi) is 1.53. The van der Waals surface area contributed by atoms with Crippen LogP contribution in [0.25, 0.3) is 0 Å². The molecule has 0 radical (unpaired) electrons. The molecule has 1 aromatic carbocycles. The molecule has 3 rings (SSSR count). The molecule has 0 amide bonds. The summed E-state index contributed by atoms with van der Waals surface area (Å²) in [4.78, 5) is 4.60. The highest BCUT2D eigenvalue weighted by molar-refractivity contribution is 6.08. The first kappa shape index (κ1) is 7.56. The molecule has 1 N–H and O–H groups in total. The first-order chi connectivity index (χ1) is 6.93. The Morgan fingerprint density at radius 3 is 3.14 bits per heavy atom. The average Bonchev–Trinajstić information content (AvgIpc) is 2.26. The predicted octanol–water partition coefficient (Wildman–Crippen LogP) is 3.03. The van der Waals surface area contributed by atoms with Crippen molar-refractivity contribution in [1.29, 1.82) is 0 Å². The van der Waals surface area contributed by atoms with Crippen molar-refractivity contribution in [3.63, 3.8) is 0 Å². The van der Waals surface area contributed by atoms with Crippen molar-refractivity contribution in [3.8, 4) is 0 Å². The lowest BCUT2D eigenvalue weighted by atomic mass is 10.1. The molecule has 0 bridgehead atoms. The molecule has 0 spiro atoms. The van der Waals surface area contributed by atoms with Gasteiger partial charge < -0.3 is 5.32 Å². The van der Waals surface area contributed by atoms with E-state index >= 15 is 0 Å². The molecular formula is C12H10N2. The van der Waals surface area contributed by atoms with Crippen LogP contribution in [0.5, 0.6) is 0 Å². The highest BCUT2D eigenvalue weighted by Gasteiger charge is 2.15. The Morgan fingerprint density at radius 1 is 1.21 bits per heavy atom. The molecule has 0 aromatic heterocycles. The molecule has 2 heteroatoms. The van der Waals surface area contributed by atoms with Gasteiger partial charge in [-0.05, 0) is 18.2 Å². The second-order valence-corrected chi connectivity index (χ2v) is 3.41. The van der Waals surface area contributed by atoms with E-state index in [1.165, 1.54) is 0 Å². The number of rotatable bonds is 0. The van der Waals surface area contributed by atoms with Crippen LogP contribution in [0.3, 0.4) is 0 Å². The van der Waals surface area contributed by atoms with E-state index in [1.54, 1.807) is 0 Å². The van der Waals surface area contributed by atoms with E-state index in [2.05, 4.69) is 34.6 Å². The van der Waals surface area contributed by atoms with Crippen LogP contribution in [-0.4, -0.2) is 5.71 Å². The lowest BCUT2D eigenvalue weighted by Crippen LogP contribution is -2.16. The van der Waals surface area contributed by atoms with Gasteiger partial charge in [-0.1, -0.05) is 24.3 Å². The van der Waals surface area contributed by atoms with Crippen molar-refractivity contribution >= 4 is 17.1 Å². The van der Waals surface area contributed by atoms with E-state index < -0.39 is 0 Å². The zero-order chi connectivity index (χ0) is 9.38. The predicted molar refractivity (Wildman–Crippen MR) is 59.0 cm³/mol. The van der Waals surface area contributed by atoms with Crippen LogP contribution in [0, 0.1) is 0 Å². The van der Waals surface area contributed by atoms with E-state index in [0.29, 0.717) is 0 Å². The first-order valence-electron chi connectivity index (χ1n) is 4.74. The Hall–Kier alpha value is -1.83. The first-order valence-corrected chi connectivity index (χ1v) is 4.74. The number of aliphatic imine (C=N–C) groups is 1. The van der Waals surface area contributed by atoms with Gasteiger partial charge in [-0.15, -0.1) is 0 Å². The normalized spacial score (nSPS) is 17.4. The van der Waals surface area contributed by atoms with Crippen LogP contribution in [-0.2, 0) is 0 Å². The molecule has 0 saturated carbocycles. The van der Waals surface area contributed by atoms with Crippen LogP contribution in [0.4, 0.5) is 11.4 Å². The van der Waals surface area contributed by atoms with Gasteiger partial charge in [-0.2, -0.15) is 0 Å². The maximum atomic E-state index is 4.60. The zero-order valence-electron chi connectivity index (χ0n) is 7.70. The minimum Gasteiger partial charge on any atom is -0.352 e. The summed E-state index contributed by atoms with van der Waals surface area (Å²) < 4.78 is 0. The summed E-state index contributed by atoms with van der Waals surface area (Å²) in [5.41, 5.74) is 4.39. The molecule has 1 aliphatic heterocycles. The number of fused-ring (bicyclic) bond motifs is 2. The quantitative estimate of drug-likeness (QED) is 0.655. The monoisotopic (exact) mass is 182 g/mol. The molecular weight excluding hydrogens is 172 g/mol. The average molecular weight is 182 g/mol. The van der Waals surface area contributed by atoms with E-state index in [1.807, 2.05) is 18.2 Å². The zero-order valence-corrected chi connectivity index (χ0v) is 7.70. The molecule has 1 heterocycles. The Morgan fingerprint density at radius 2 is 2.14 bits per heavy atom. The SMILES string of the molecule is C1=CCC2=Nc3ccccc3NC2=C1. The molecule has 1 aliphatic carbocycles. The largest absolute Gasteiger partial charge is 0.352 e. The molecule has 68 valence electrons. The fourth-order valence-corrected chi connectivity index (χ4v) is 1.74. The Bertz CT molecular complexity index is 467. The lowest BCUT2D eigenvalue weighted by Gasteiger charge is -2.21. The lowest BCUT2D eigenvalue weighted by molar-refractivity contribution is 1.29. The van der Waals surface area contributed by atoms with E-state index in [9.17, 15) is 0 Å². The summed E-state index contributed by atoms with van der Waals surface area (Å²) in [5, 5.41) is 3.38. The van der Waals surface area contributed by atoms with Gasteiger partial charge in [0.2, 0.25) is 0 Å². The maximum absolute atomic E-state index is 4.60. The molecule has 1 aromatic rings. The van der Waals surface area contributed by atoms with Crippen molar-refractivity contribution in [2.24, 2.45) is 4.99 Å². The number of allylic oxidation sites excluding steroid dienone is 4. The second kappa shape index (κ2) is 2.84. The van der Waals surface area contributed by atoms with Crippen LogP contribution in [0.15, 0.2) is 53.2 Å². The Labute approximate surface area is 82.7 Å². The smallest absolute Gasteiger partial charge is 0.0868 e. The third-order valence-electron chi connectivity index (χ3n) is 2.45. The number of benzene rings is 1. The number of para-hydroxylation sites is 2. The number of anilines is 1. The third-order valence-corrected chi connectivity index (χ3v) is 2.45. The van der Waals surface area contributed by atoms with Gasteiger partial charge in [-0.3, -0.25) is 0 Å². The van der Waals surface area contributed by atoms with Gasteiger partial charge in [0.25, 0.3) is 0 Å². The number of nitrogens with one attached hydrogen (secondary N) is 1. The summed E-state index contributed by atoms with van der Waals surface area (Å²) >= 11 is 0. The van der Waals surface area contributed by atoms with Crippen molar-refractivity contribution in [2.45, 2.75) is 6.42 Å². The number of hydrogen-bond acceptors (Lipinski definition) is 2. The fourth-order valence-electron chi connectivity index (χ4n) is 1.74. The summed E-state index contributed by atoms with van der Waals surface area (Å²) in [6.45, 7) is 0. The number of hydrogen-bond donors (Lipinski definition) is 1. The molecule has 0 fully saturated rings. The molecule has 14 heavy (non-hydrogen) atoms. The minimum atomic E-state index is 0.924. The van der Waals surface area contributed by atoms with Gasteiger partial charge in [0.05, 0.1) is 22.8 Å². The topological polar surface area (TPSA) is 24.4 Å². The molecule has 2 nitrogen and oxygen atoms in total. The van der Waals surface area contributed by atoms with Gasteiger partial charge in [-0.25, -0.2) is 4.99 Å². The standard InChI is InChI=1S/C12H10N2/c1-2-6-10-9(5-1)13-11-7-3-4-8-12(11)14-10/h1-7,13H,8H2. The number of nitrogens with zero attached hydrogens (tertiary/aromatic N) is 1. The van der Waals surface area contributed by atoms with Gasteiger partial charge in [0.1, 0.15) is 0 Å². The van der Waals surface area contributed by atoms with Gasteiger partial charge >= 0.3 is 0 Å². The summed E-state index contributed by atoms with van der Waals surface area (Å²) in [6.07, 6.45) is 7.18. The Balaban J connectivity index is 2.15. The highest BCUT2D eigenvalue weighted by Crippen LogP contribution is 2.32. The third kappa shape index (κ3) is 1.08. The van der Waals surface area contributed by atoms with E-state index in [-0.39, 0.29) is 0 Å². The second-order valence-electron chi connectivity index (χ2n) is 3.41. The highest BCUT2D eigenvalue weighted by atomic mass is 15.0. The molecule has 0 saturated heterocycles. The van der Waals surface area contributed by atoms with Crippen molar-refractivity contribution in [2.75, 3.05) is 5.32 Å². The summed E-state index contributed by atoms with van der Waals surface area (Å²) in [5.74, 6) is 0. The summed E-state index contributed by atoms with van der Waals surface area (Å²) in [7, 11) is 0.